The molecule has 1 fully saturated rings. The Balaban J connectivity index is 2.48. The first-order valence-electron chi connectivity index (χ1n) is 7.77. The summed E-state index contributed by atoms with van der Waals surface area (Å²) in [4.78, 5) is 0.408. The molecule has 0 amide bonds. The first kappa shape index (κ1) is 16.3. The Labute approximate surface area is 128 Å². The molecule has 1 unspecified atom stereocenters. The zero-order valence-electron chi connectivity index (χ0n) is 13.2. The summed E-state index contributed by atoms with van der Waals surface area (Å²) in [5, 5.41) is 0. The minimum absolute atomic E-state index is 0.133. The van der Waals surface area contributed by atoms with Gasteiger partial charge in [-0.05, 0) is 50.3 Å². The minimum Gasteiger partial charge on any atom is -0.398 e. The van der Waals surface area contributed by atoms with Gasteiger partial charge in [0, 0.05) is 18.3 Å². The van der Waals surface area contributed by atoms with Crippen LogP contribution in [0.25, 0.3) is 0 Å². The van der Waals surface area contributed by atoms with Crippen molar-refractivity contribution in [1.82, 2.24) is 4.31 Å². The highest BCUT2D eigenvalue weighted by Crippen LogP contribution is 2.32. The average Bonchev–Trinajstić information content (AvgIpc) is 2.44. The number of nitrogens with two attached hydrogens (primary N) is 1. The van der Waals surface area contributed by atoms with Crippen LogP contribution in [0.3, 0.4) is 0 Å². The summed E-state index contributed by atoms with van der Waals surface area (Å²) >= 11 is 0. The molecule has 0 saturated carbocycles. The molecule has 0 radical (unpaired) electrons. The summed E-state index contributed by atoms with van der Waals surface area (Å²) in [5.74, 6) is 0. The maximum Gasteiger partial charge on any atom is 0.243 e. The third kappa shape index (κ3) is 3.09. The molecule has 1 aromatic carbocycles. The standard InChI is InChI=1S/C16H26N2O2S/c1-4-7-14-8-5-6-11-18(14)21(19,20)16-12(2)9-10-15(17)13(16)3/h9-10,14H,4-8,11,17H2,1-3H3. The van der Waals surface area contributed by atoms with E-state index in [0.717, 1.165) is 37.7 Å². The quantitative estimate of drug-likeness (QED) is 0.868. The second kappa shape index (κ2) is 6.36. The van der Waals surface area contributed by atoms with Crippen molar-refractivity contribution in [2.75, 3.05) is 12.3 Å². The molecular weight excluding hydrogens is 284 g/mol. The van der Waals surface area contributed by atoms with Crippen LogP contribution in [0.4, 0.5) is 5.69 Å². The predicted octanol–water partition coefficient (Wildman–Crippen LogP) is 3.23. The Bertz CT molecular complexity index is 609. The molecule has 118 valence electrons. The second-order valence-electron chi connectivity index (χ2n) is 5.98. The van der Waals surface area contributed by atoms with Crippen molar-refractivity contribution in [1.29, 1.82) is 0 Å². The predicted molar refractivity (Wildman–Crippen MR) is 86.8 cm³/mol. The van der Waals surface area contributed by atoms with Gasteiger partial charge in [-0.3, -0.25) is 0 Å². The number of rotatable bonds is 4. The fourth-order valence-electron chi connectivity index (χ4n) is 3.27. The van der Waals surface area contributed by atoms with E-state index in [1.807, 2.05) is 6.92 Å². The molecule has 1 atom stereocenters. The maximum absolute atomic E-state index is 13.1. The third-order valence-electron chi connectivity index (χ3n) is 4.41. The molecular formula is C16H26N2O2S. The molecule has 4 nitrogen and oxygen atoms in total. The zero-order chi connectivity index (χ0) is 15.6. The summed E-state index contributed by atoms with van der Waals surface area (Å²) in [6.45, 7) is 6.38. The number of anilines is 1. The number of benzene rings is 1. The van der Waals surface area contributed by atoms with E-state index in [4.69, 9.17) is 5.73 Å². The summed E-state index contributed by atoms with van der Waals surface area (Å²) in [6, 6.07) is 3.71. The minimum atomic E-state index is -3.46. The lowest BCUT2D eigenvalue weighted by Crippen LogP contribution is -2.44. The van der Waals surface area contributed by atoms with E-state index in [1.165, 1.54) is 0 Å². The molecule has 0 bridgehead atoms. The molecule has 0 aliphatic carbocycles. The first-order valence-corrected chi connectivity index (χ1v) is 9.21. The number of aryl methyl sites for hydroxylation is 1. The van der Waals surface area contributed by atoms with E-state index < -0.39 is 10.0 Å². The summed E-state index contributed by atoms with van der Waals surface area (Å²) in [6.07, 6.45) is 4.96. The molecule has 1 heterocycles. The highest BCUT2D eigenvalue weighted by Gasteiger charge is 2.34. The normalized spacial score (nSPS) is 20.6. The molecule has 21 heavy (non-hydrogen) atoms. The Kier molecular flexibility index (Phi) is 4.94. The highest BCUT2D eigenvalue weighted by atomic mass is 32.2. The van der Waals surface area contributed by atoms with Crippen LogP contribution in [-0.4, -0.2) is 25.3 Å². The van der Waals surface area contributed by atoms with Crippen LogP contribution < -0.4 is 5.73 Å². The van der Waals surface area contributed by atoms with Crippen LogP contribution >= 0.6 is 0 Å². The summed E-state index contributed by atoms with van der Waals surface area (Å²) in [7, 11) is -3.46. The maximum atomic E-state index is 13.1. The number of nitrogens with zero attached hydrogens (tertiary/aromatic N) is 1. The van der Waals surface area contributed by atoms with Gasteiger partial charge in [-0.1, -0.05) is 25.8 Å². The van der Waals surface area contributed by atoms with Crippen molar-refractivity contribution in [2.24, 2.45) is 0 Å². The van der Waals surface area contributed by atoms with E-state index in [1.54, 1.807) is 23.4 Å². The zero-order valence-corrected chi connectivity index (χ0v) is 14.0. The van der Waals surface area contributed by atoms with E-state index >= 15 is 0 Å². The number of nitrogen functional groups attached to an aromatic ring is 1. The smallest absolute Gasteiger partial charge is 0.243 e. The lowest BCUT2D eigenvalue weighted by molar-refractivity contribution is 0.239. The number of hydrogen-bond acceptors (Lipinski definition) is 3. The van der Waals surface area contributed by atoms with Gasteiger partial charge in [0.25, 0.3) is 0 Å². The van der Waals surface area contributed by atoms with Gasteiger partial charge in [-0.15, -0.1) is 0 Å². The van der Waals surface area contributed by atoms with Crippen LogP contribution in [0, 0.1) is 13.8 Å². The Morgan fingerprint density at radius 1 is 1.29 bits per heavy atom. The molecule has 1 aliphatic heterocycles. The van der Waals surface area contributed by atoms with Crippen LogP contribution in [0.5, 0.6) is 0 Å². The van der Waals surface area contributed by atoms with Gasteiger partial charge >= 0.3 is 0 Å². The van der Waals surface area contributed by atoms with Crippen molar-refractivity contribution in [3.8, 4) is 0 Å². The van der Waals surface area contributed by atoms with Crippen LogP contribution in [0.15, 0.2) is 17.0 Å². The van der Waals surface area contributed by atoms with Crippen LogP contribution in [0.1, 0.15) is 50.2 Å². The van der Waals surface area contributed by atoms with Crippen molar-refractivity contribution in [2.45, 2.75) is 63.8 Å². The van der Waals surface area contributed by atoms with Gasteiger partial charge in [0.15, 0.2) is 0 Å². The van der Waals surface area contributed by atoms with Gasteiger partial charge in [0.05, 0.1) is 4.90 Å². The summed E-state index contributed by atoms with van der Waals surface area (Å²) in [5.41, 5.74) is 7.93. The lowest BCUT2D eigenvalue weighted by atomic mass is 10.0. The van der Waals surface area contributed by atoms with E-state index in [9.17, 15) is 8.42 Å². The van der Waals surface area contributed by atoms with Crippen LogP contribution in [0.2, 0.25) is 0 Å². The fourth-order valence-corrected chi connectivity index (χ4v) is 5.46. The molecule has 1 saturated heterocycles. The van der Waals surface area contributed by atoms with E-state index in [2.05, 4.69) is 6.92 Å². The third-order valence-corrected chi connectivity index (χ3v) is 6.65. The first-order chi connectivity index (χ1) is 9.89. The van der Waals surface area contributed by atoms with E-state index in [0.29, 0.717) is 22.7 Å². The molecule has 1 aliphatic rings. The molecule has 0 spiro atoms. The van der Waals surface area contributed by atoms with Crippen molar-refractivity contribution >= 4 is 15.7 Å². The lowest BCUT2D eigenvalue weighted by Gasteiger charge is -2.35. The molecule has 2 rings (SSSR count). The van der Waals surface area contributed by atoms with E-state index in [-0.39, 0.29) is 6.04 Å². The average molecular weight is 310 g/mol. The van der Waals surface area contributed by atoms with Crippen LogP contribution in [-0.2, 0) is 10.0 Å². The Hall–Kier alpha value is -1.07. The second-order valence-corrected chi connectivity index (χ2v) is 7.81. The van der Waals surface area contributed by atoms with Crippen molar-refractivity contribution in [3.63, 3.8) is 0 Å². The molecule has 0 aromatic heterocycles. The fraction of sp³-hybridized carbons (Fsp3) is 0.625. The van der Waals surface area contributed by atoms with Crippen molar-refractivity contribution < 1.29 is 8.42 Å². The van der Waals surface area contributed by atoms with Gasteiger partial charge in [0.2, 0.25) is 10.0 Å². The van der Waals surface area contributed by atoms with Gasteiger partial charge in [-0.25, -0.2) is 8.42 Å². The number of sulfonamides is 1. The molecule has 2 N–H and O–H groups in total. The Morgan fingerprint density at radius 3 is 2.67 bits per heavy atom. The van der Waals surface area contributed by atoms with Gasteiger partial charge in [-0.2, -0.15) is 4.31 Å². The molecule has 1 aromatic rings. The monoisotopic (exact) mass is 310 g/mol. The Morgan fingerprint density at radius 2 is 2.00 bits per heavy atom. The SMILES string of the molecule is CCCC1CCCCN1S(=O)(=O)c1c(C)ccc(N)c1C. The summed E-state index contributed by atoms with van der Waals surface area (Å²) < 4.78 is 28.0. The van der Waals surface area contributed by atoms with Crippen molar-refractivity contribution in [3.05, 3.63) is 23.3 Å². The number of hydrogen-bond donors (Lipinski definition) is 1. The number of piperidine rings is 1. The topological polar surface area (TPSA) is 63.4 Å². The largest absolute Gasteiger partial charge is 0.398 e. The van der Waals surface area contributed by atoms with Gasteiger partial charge < -0.3 is 5.73 Å². The highest BCUT2D eigenvalue weighted by molar-refractivity contribution is 7.89. The molecule has 5 heteroatoms. The van der Waals surface area contributed by atoms with Gasteiger partial charge in [0.1, 0.15) is 0 Å².